The highest BCUT2D eigenvalue weighted by molar-refractivity contribution is 6.21. The summed E-state index contributed by atoms with van der Waals surface area (Å²) in [5.74, 6) is -0.700. The minimum absolute atomic E-state index is 0.137. The molecule has 2 aliphatic heterocycles. The van der Waals surface area contributed by atoms with Crippen LogP contribution in [-0.4, -0.2) is 55.5 Å². The summed E-state index contributed by atoms with van der Waals surface area (Å²) < 4.78 is 5.36. The third-order valence-corrected chi connectivity index (χ3v) is 5.44. The quantitative estimate of drug-likeness (QED) is 0.745. The van der Waals surface area contributed by atoms with E-state index < -0.39 is 0 Å². The molecule has 0 unspecified atom stereocenters. The van der Waals surface area contributed by atoms with Crippen LogP contribution in [0.4, 0.5) is 11.4 Å². The van der Waals surface area contributed by atoms with Crippen LogP contribution in [0.25, 0.3) is 0 Å². The van der Waals surface area contributed by atoms with E-state index in [0.29, 0.717) is 17.5 Å². The van der Waals surface area contributed by atoms with Crippen LogP contribution in [0.2, 0.25) is 0 Å². The van der Waals surface area contributed by atoms with Crippen molar-refractivity contribution in [2.45, 2.75) is 19.8 Å². The first kappa shape index (κ1) is 20.1. The Bertz CT molecular complexity index is 965. The maximum Gasteiger partial charge on any atom is 0.261 e. The van der Waals surface area contributed by atoms with Gasteiger partial charge in [-0.3, -0.25) is 19.3 Å². The van der Waals surface area contributed by atoms with E-state index in [1.165, 1.54) is 4.90 Å². The molecule has 7 nitrogen and oxygen atoms in total. The number of hydrogen-bond acceptors (Lipinski definition) is 5. The summed E-state index contributed by atoms with van der Waals surface area (Å²) in [6, 6.07) is 13.0. The van der Waals surface area contributed by atoms with Gasteiger partial charge < -0.3 is 15.0 Å². The number of hydrogen-bond donors (Lipinski definition) is 1. The lowest BCUT2D eigenvalue weighted by Gasteiger charge is -2.28. The lowest BCUT2D eigenvalue weighted by molar-refractivity contribution is -0.116. The number of aryl methyl sites for hydroxylation is 1. The fourth-order valence-electron chi connectivity index (χ4n) is 3.81. The fraction of sp³-hybridized carbons (Fsp3) is 0.348. The number of imide groups is 1. The zero-order valence-corrected chi connectivity index (χ0v) is 17.0. The zero-order chi connectivity index (χ0) is 21.1. The standard InChI is InChI=1S/C23H25N3O4/c1-16-4-9-19-20(15-16)23(29)26(22(19)28)10-2-3-21(27)24-17-5-7-18(8-6-17)25-11-13-30-14-12-25/h4-9,15H,2-3,10-14H2,1H3,(H,24,27). The predicted molar refractivity (Wildman–Crippen MR) is 114 cm³/mol. The molecule has 7 heteroatoms. The van der Waals surface area contributed by atoms with Gasteiger partial charge in [0.25, 0.3) is 11.8 Å². The lowest BCUT2D eigenvalue weighted by Crippen LogP contribution is -2.36. The topological polar surface area (TPSA) is 79.0 Å². The second-order valence-corrected chi connectivity index (χ2v) is 7.61. The Balaban J connectivity index is 1.26. The largest absolute Gasteiger partial charge is 0.378 e. The van der Waals surface area contributed by atoms with Crippen molar-refractivity contribution in [2.75, 3.05) is 43.1 Å². The highest BCUT2D eigenvalue weighted by Crippen LogP contribution is 2.24. The van der Waals surface area contributed by atoms with Crippen LogP contribution < -0.4 is 10.2 Å². The number of amides is 3. The fourth-order valence-corrected chi connectivity index (χ4v) is 3.81. The molecular weight excluding hydrogens is 382 g/mol. The summed E-state index contributed by atoms with van der Waals surface area (Å²) in [6.45, 7) is 5.30. The number of benzene rings is 2. The molecule has 2 aromatic rings. The maximum absolute atomic E-state index is 12.5. The Morgan fingerprint density at radius 2 is 1.70 bits per heavy atom. The van der Waals surface area contributed by atoms with E-state index >= 15 is 0 Å². The van der Waals surface area contributed by atoms with Gasteiger partial charge in [-0.2, -0.15) is 0 Å². The molecule has 1 fully saturated rings. The van der Waals surface area contributed by atoms with Crippen molar-refractivity contribution in [3.63, 3.8) is 0 Å². The van der Waals surface area contributed by atoms with Gasteiger partial charge >= 0.3 is 0 Å². The van der Waals surface area contributed by atoms with Gasteiger partial charge in [0.2, 0.25) is 5.91 Å². The summed E-state index contributed by atoms with van der Waals surface area (Å²) >= 11 is 0. The molecule has 1 N–H and O–H groups in total. The Labute approximate surface area is 175 Å². The van der Waals surface area contributed by atoms with E-state index in [1.54, 1.807) is 12.1 Å². The van der Waals surface area contributed by atoms with Crippen molar-refractivity contribution in [2.24, 2.45) is 0 Å². The third kappa shape index (κ3) is 4.21. The van der Waals surface area contributed by atoms with Gasteiger partial charge in [-0.15, -0.1) is 0 Å². The van der Waals surface area contributed by atoms with Crippen molar-refractivity contribution < 1.29 is 19.1 Å². The second-order valence-electron chi connectivity index (χ2n) is 7.61. The van der Waals surface area contributed by atoms with E-state index in [-0.39, 0.29) is 30.7 Å². The normalized spacial score (nSPS) is 16.0. The number of carbonyl (C=O) groups is 3. The number of ether oxygens (including phenoxy) is 1. The molecule has 0 aromatic heterocycles. The van der Waals surface area contributed by atoms with E-state index in [0.717, 1.165) is 43.2 Å². The number of nitrogens with zero attached hydrogens (tertiary/aromatic N) is 2. The summed E-state index contributed by atoms with van der Waals surface area (Å²) in [7, 11) is 0. The molecule has 156 valence electrons. The highest BCUT2D eigenvalue weighted by atomic mass is 16.5. The van der Waals surface area contributed by atoms with Crippen LogP contribution in [0.1, 0.15) is 39.1 Å². The minimum atomic E-state index is -0.283. The van der Waals surface area contributed by atoms with Crippen molar-refractivity contribution in [1.82, 2.24) is 4.90 Å². The van der Waals surface area contributed by atoms with Crippen LogP contribution in [0, 0.1) is 6.92 Å². The summed E-state index contributed by atoms with van der Waals surface area (Å²) in [4.78, 5) is 40.7. The van der Waals surface area contributed by atoms with Gasteiger partial charge in [-0.25, -0.2) is 0 Å². The molecule has 1 saturated heterocycles. The van der Waals surface area contributed by atoms with Crippen molar-refractivity contribution in [3.8, 4) is 0 Å². The Hall–Kier alpha value is -3.19. The van der Waals surface area contributed by atoms with E-state index in [2.05, 4.69) is 10.2 Å². The Kier molecular flexibility index (Phi) is 5.81. The lowest BCUT2D eigenvalue weighted by atomic mass is 10.1. The summed E-state index contributed by atoms with van der Waals surface area (Å²) in [6.07, 6.45) is 0.653. The average Bonchev–Trinajstić information content (AvgIpc) is 2.99. The van der Waals surface area contributed by atoms with E-state index in [4.69, 9.17) is 4.74 Å². The van der Waals surface area contributed by atoms with Crippen molar-refractivity contribution in [1.29, 1.82) is 0 Å². The van der Waals surface area contributed by atoms with Crippen LogP contribution in [0.3, 0.4) is 0 Å². The smallest absolute Gasteiger partial charge is 0.261 e. The van der Waals surface area contributed by atoms with E-state index in [1.807, 2.05) is 37.3 Å². The predicted octanol–water partition coefficient (Wildman–Crippen LogP) is 2.85. The van der Waals surface area contributed by atoms with Gasteiger partial charge in [0.1, 0.15) is 0 Å². The minimum Gasteiger partial charge on any atom is -0.378 e. The third-order valence-electron chi connectivity index (χ3n) is 5.44. The summed E-state index contributed by atoms with van der Waals surface area (Å²) in [5, 5.41) is 2.87. The average molecular weight is 407 g/mol. The van der Waals surface area contributed by atoms with Gasteiger partial charge in [0, 0.05) is 37.4 Å². The first-order chi connectivity index (χ1) is 14.5. The molecule has 0 bridgehead atoms. The monoisotopic (exact) mass is 407 g/mol. The number of fused-ring (bicyclic) bond motifs is 1. The molecule has 2 aliphatic rings. The molecule has 30 heavy (non-hydrogen) atoms. The van der Waals surface area contributed by atoms with Crippen LogP contribution in [0.5, 0.6) is 0 Å². The molecule has 4 rings (SSSR count). The summed E-state index contributed by atoms with van der Waals surface area (Å²) in [5.41, 5.74) is 3.67. The molecule has 0 radical (unpaired) electrons. The Morgan fingerprint density at radius 1 is 1.00 bits per heavy atom. The molecule has 2 aromatic carbocycles. The zero-order valence-electron chi connectivity index (χ0n) is 17.0. The molecule has 3 amide bonds. The number of morpholine rings is 1. The highest BCUT2D eigenvalue weighted by Gasteiger charge is 2.34. The molecule has 0 atom stereocenters. The number of nitrogens with one attached hydrogen (secondary N) is 1. The van der Waals surface area contributed by atoms with Crippen molar-refractivity contribution >= 4 is 29.1 Å². The maximum atomic E-state index is 12.5. The molecule has 2 heterocycles. The van der Waals surface area contributed by atoms with Gasteiger partial charge in [0.15, 0.2) is 0 Å². The molecule has 0 aliphatic carbocycles. The first-order valence-electron chi connectivity index (χ1n) is 10.2. The van der Waals surface area contributed by atoms with Gasteiger partial charge in [-0.1, -0.05) is 11.6 Å². The number of carbonyl (C=O) groups excluding carboxylic acids is 3. The van der Waals surface area contributed by atoms with Crippen LogP contribution in [-0.2, 0) is 9.53 Å². The van der Waals surface area contributed by atoms with Gasteiger partial charge in [0.05, 0.1) is 24.3 Å². The molecule has 0 saturated carbocycles. The van der Waals surface area contributed by atoms with Crippen molar-refractivity contribution in [3.05, 3.63) is 59.2 Å². The van der Waals surface area contributed by atoms with Gasteiger partial charge in [-0.05, 0) is 49.7 Å². The SMILES string of the molecule is Cc1ccc2c(c1)C(=O)N(CCCC(=O)Nc1ccc(N3CCOCC3)cc1)C2=O. The Morgan fingerprint density at radius 3 is 2.43 bits per heavy atom. The molecular formula is C23H25N3O4. The molecule has 0 spiro atoms. The number of rotatable bonds is 6. The second kappa shape index (κ2) is 8.67. The van der Waals surface area contributed by atoms with E-state index in [9.17, 15) is 14.4 Å². The number of anilines is 2. The van der Waals surface area contributed by atoms with Crippen LogP contribution >= 0.6 is 0 Å². The first-order valence-corrected chi connectivity index (χ1v) is 10.2. The van der Waals surface area contributed by atoms with Crippen LogP contribution in [0.15, 0.2) is 42.5 Å².